The largest absolute Gasteiger partial charge is 0.497 e. The van der Waals surface area contributed by atoms with Gasteiger partial charge in [-0.15, -0.1) is 0 Å². The predicted molar refractivity (Wildman–Crippen MR) is 104 cm³/mol. The first kappa shape index (κ1) is 18.5. The molecule has 140 valence electrons. The van der Waals surface area contributed by atoms with E-state index in [1.807, 2.05) is 12.1 Å². The highest BCUT2D eigenvalue weighted by molar-refractivity contribution is 5.48. The normalized spacial score (nSPS) is 15.6. The van der Waals surface area contributed by atoms with Crippen molar-refractivity contribution in [3.8, 4) is 11.5 Å². The van der Waals surface area contributed by atoms with Crippen LogP contribution in [-0.4, -0.2) is 40.5 Å². The first-order valence-electron chi connectivity index (χ1n) is 9.08. The van der Waals surface area contributed by atoms with E-state index in [1.54, 1.807) is 14.2 Å². The predicted octanol–water partition coefficient (Wildman–Crippen LogP) is 3.39. The summed E-state index contributed by atoms with van der Waals surface area (Å²) in [5.74, 6) is 1.64. The van der Waals surface area contributed by atoms with E-state index in [9.17, 15) is 0 Å². The first-order chi connectivity index (χ1) is 12.7. The fourth-order valence-electron chi connectivity index (χ4n) is 3.20. The highest BCUT2D eigenvalue weighted by Crippen LogP contribution is 2.29. The summed E-state index contributed by atoms with van der Waals surface area (Å²) >= 11 is 0. The SMILES string of the molecule is COc1ccc([C@@H](C)NCc2ccc(N3CCOCC3)cc2)c(OC)c1. The zero-order valence-corrected chi connectivity index (χ0v) is 15.8. The van der Waals surface area contributed by atoms with Gasteiger partial charge in [-0.2, -0.15) is 0 Å². The molecule has 2 aromatic rings. The molecule has 2 aromatic carbocycles. The Hall–Kier alpha value is -2.24. The van der Waals surface area contributed by atoms with E-state index in [4.69, 9.17) is 14.2 Å². The van der Waals surface area contributed by atoms with Gasteiger partial charge in [0, 0.05) is 43.0 Å². The van der Waals surface area contributed by atoms with Gasteiger partial charge in [-0.25, -0.2) is 0 Å². The Morgan fingerprint density at radius 3 is 2.42 bits per heavy atom. The molecule has 0 saturated carbocycles. The number of methoxy groups -OCH3 is 2. The van der Waals surface area contributed by atoms with Crippen LogP contribution in [0.25, 0.3) is 0 Å². The van der Waals surface area contributed by atoms with Gasteiger partial charge in [0.05, 0.1) is 27.4 Å². The van der Waals surface area contributed by atoms with Crippen LogP contribution in [0.4, 0.5) is 5.69 Å². The summed E-state index contributed by atoms with van der Waals surface area (Å²) in [6.45, 7) is 6.50. The Balaban J connectivity index is 1.59. The van der Waals surface area contributed by atoms with Crippen LogP contribution in [0, 0.1) is 0 Å². The summed E-state index contributed by atoms with van der Waals surface area (Å²) in [6.07, 6.45) is 0. The van der Waals surface area contributed by atoms with Crippen molar-refractivity contribution < 1.29 is 14.2 Å². The maximum Gasteiger partial charge on any atom is 0.127 e. The molecule has 1 atom stereocenters. The van der Waals surface area contributed by atoms with Crippen molar-refractivity contribution in [1.29, 1.82) is 0 Å². The Kier molecular flexibility index (Phi) is 6.36. The van der Waals surface area contributed by atoms with Gasteiger partial charge < -0.3 is 24.4 Å². The lowest BCUT2D eigenvalue weighted by molar-refractivity contribution is 0.122. The van der Waals surface area contributed by atoms with Gasteiger partial charge in [-0.1, -0.05) is 18.2 Å². The van der Waals surface area contributed by atoms with Gasteiger partial charge in [0.25, 0.3) is 0 Å². The van der Waals surface area contributed by atoms with Crippen LogP contribution in [0.5, 0.6) is 11.5 Å². The van der Waals surface area contributed by atoms with Gasteiger partial charge in [-0.3, -0.25) is 0 Å². The van der Waals surface area contributed by atoms with Crippen molar-refractivity contribution >= 4 is 5.69 Å². The van der Waals surface area contributed by atoms with Crippen LogP contribution in [0.3, 0.4) is 0 Å². The minimum atomic E-state index is 0.176. The number of ether oxygens (including phenoxy) is 3. The monoisotopic (exact) mass is 356 g/mol. The fourth-order valence-corrected chi connectivity index (χ4v) is 3.20. The topological polar surface area (TPSA) is 43.0 Å². The molecule has 1 heterocycles. The van der Waals surface area contributed by atoms with Gasteiger partial charge in [0.1, 0.15) is 11.5 Å². The molecule has 5 heteroatoms. The number of hydrogen-bond acceptors (Lipinski definition) is 5. The molecule has 3 rings (SSSR count). The number of rotatable bonds is 7. The standard InChI is InChI=1S/C21H28N2O3/c1-16(20-9-8-19(24-2)14-21(20)25-3)22-15-17-4-6-18(7-5-17)23-10-12-26-13-11-23/h4-9,14,16,22H,10-13,15H2,1-3H3/t16-/m1/s1. The summed E-state index contributed by atoms with van der Waals surface area (Å²) in [7, 11) is 3.35. The van der Waals surface area contributed by atoms with E-state index < -0.39 is 0 Å². The molecule has 26 heavy (non-hydrogen) atoms. The van der Waals surface area contributed by atoms with Crippen LogP contribution in [-0.2, 0) is 11.3 Å². The van der Waals surface area contributed by atoms with Crippen molar-refractivity contribution in [1.82, 2.24) is 5.32 Å². The molecule has 0 spiro atoms. The van der Waals surface area contributed by atoms with Crippen LogP contribution < -0.4 is 19.7 Å². The Morgan fingerprint density at radius 2 is 1.77 bits per heavy atom. The van der Waals surface area contributed by atoms with Gasteiger partial charge in [0.2, 0.25) is 0 Å². The molecule has 0 amide bonds. The van der Waals surface area contributed by atoms with Crippen LogP contribution in [0.15, 0.2) is 42.5 Å². The number of benzene rings is 2. The van der Waals surface area contributed by atoms with Gasteiger partial charge in [-0.05, 0) is 30.7 Å². The third-order valence-electron chi connectivity index (χ3n) is 4.83. The molecule has 5 nitrogen and oxygen atoms in total. The average molecular weight is 356 g/mol. The van der Waals surface area contributed by atoms with Crippen molar-refractivity contribution in [2.75, 3.05) is 45.4 Å². The number of nitrogens with zero attached hydrogens (tertiary/aromatic N) is 1. The maximum atomic E-state index is 5.51. The summed E-state index contributed by atoms with van der Waals surface area (Å²) in [5.41, 5.74) is 3.65. The molecule has 1 N–H and O–H groups in total. The number of nitrogens with one attached hydrogen (secondary N) is 1. The molecule has 0 bridgehead atoms. The molecule has 1 saturated heterocycles. The lowest BCUT2D eigenvalue weighted by Crippen LogP contribution is -2.36. The molecule has 0 aliphatic carbocycles. The summed E-state index contributed by atoms with van der Waals surface area (Å²) in [6, 6.07) is 14.9. The Morgan fingerprint density at radius 1 is 1.04 bits per heavy atom. The van der Waals surface area contributed by atoms with E-state index in [2.05, 4.69) is 47.5 Å². The summed E-state index contributed by atoms with van der Waals surface area (Å²) < 4.78 is 16.2. The quantitative estimate of drug-likeness (QED) is 0.824. The second-order valence-electron chi connectivity index (χ2n) is 6.48. The second kappa shape index (κ2) is 8.92. The molecule has 0 radical (unpaired) electrons. The van der Waals surface area contributed by atoms with Crippen LogP contribution in [0.2, 0.25) is 0 Å². The number of morpholine rings is 1. The second-order valence-corrected chi connectivity index (χ2v) is 6.48. The Bertz CT molecular complexity index is 697. The van der Waals surface area contributed by atoms with Crippen molar-refractivity contribution in [2.45, 2.75) is 19.5 Å². The molecule has 1 fully saturated rings. The van der Waals surface area contributed by atoms with E-state index in [0.717, 1.165) is 49.9 Å². The molecular formula is C21H28N2O3. The van der Waals surface area contributed by atoms with Crippen molar-refractivity contribution in [3.63, 3.8) is 0 Å². The lowest BCUT2D eigenvalue weighted by Gasteiger charge is -2.29. The van der Waals surface area contributed by atoms with Crippen LogP contribution in [0.1, 0.15) is 24.1 Å². The van der Waals surface area contributed by atoms with Crippen LogP contribution >= 0.6 is 0 Å². The zero-order chi connectivity index (χ0) is 18.4. The van der Waals surface area contributed by atoms with E-state index in [1.165, 1.54) is 11.3 Å². The minimum absolute atomic E-state index is 0.176. The highest BCUT2D eigenvalue weighted by Gasteiger charge is 2.13. The smallest absolute Gasteiger partial charge is 0.127 e. The van der Waals surface area contributed by atoms with Gasteiger partial charge in [0.15, 0.2) is 0 Å². The number of hydrogen-bond donors (Lipinski definition) is 1. The minimum Gasteiger partial charge on any atom is -0.497 e. The third kappa shape index (κ3) is 4.48. The van der Waals surface area contributed by atoms with Crippen molar-refractivity contribution in [2.24, 2.45) is 0 Å². The Labute approximate surface area is 155 Å². The van der Waals surface area contributed by atoms with Gasteiger partial charge >= 0.3 is 0 Å². The van der Waals surface area contributed by atoms with E-state index >= 15 is 0 Å². The summed E-state index contributed by atoms with van der Waals surface area (Å²) in [4.78, 5) is 2.37. The zero-order valence-electron chi connectivity index (χ0n) is 15.8. The van der Waals surface area contributed by atoms with Crippen molar-refractivity contribution in [3.05, 3.63) is 53.6 Å². The molecule has 1 aliphatic rings. The average Bonchev–Trinajstić information content (AvgIpc) is 2.72. The lowest BCUT2D eigenvalue weighted by atomic mass is 10.1. The summed E-state index contributed by atoms with van der Waals surface area (Å²) in [5, 5.41) is 3.57. The first-order valence-corrected chi connectivity index (χ1v) is 9.08. The molecule has 0 aromatic heterocycles. The molecule has 0 unspecified atom stereocenters. The molecular weight excluding hydrogens is 328 g/mol. The fraction of sp³-hybridized carbons (Fsp3) is 0.429. The van der Waals surface area contributed by atoms with E-state index in [0.29, 0.717) is 0 Å². The molecule has 1 aliphatic heterocycles. The maximum absolute atomic E-state index is 5.51. The highest BCUT2D eigenvalue weighted by atomic mass is 16.5. The van der Waals surface area contributed by atoms with E-state index in [-0.39, 0.29) is 6.04 Å². The third-order valence-corrected chi connectivity index (χ3v) is 4.83. The number of anilines is 1.